The van der Waals surface area contributed by atoms with Crippen molar-refractivity contribution in [3.05, 3.63) is 23.3 Å². The molecule has 5 nitrogen and oxygen atoms in total. The summed E-state index contributed by atoms with van der Waals surface area (Å²) in [6.45, 7) is 2.11. The topological polar surface area (TPSA) is 54.0 Å². The second-order valence-corrected chi connectivity index (χ2v) is 5.36. The van der Waals surface area contributed by atoms with Gasteiger partial charge in [-0.3, -0.25) is 4.79 Å². The lowest BCUT2D eigenvalue weighted by atomic mass is 9.88. The lowest BCUT2D eigenvalue weighted by Crippen LogP contribution is -2.28. The summed E-state index contributed by atoms with van der Waals surface area (Å²) in [5.41, 5.74) is 1.85. The summed E-state index contributed by atoms with van der Waals surface area (Å²) in [6, 6.07) is 3.73. The van der Waals surface area contributed by atoms with E-state index in [1.54, 1.807) is 14.2 Å². The van der Waals surface area contributed by atoms with E-state index in [1.165, 1.54) is 0 Å². The quantitative estimate of drug-likeness (QED) is 0.799. The summed E-state index contributed by atoms with van der Waals surface area (Å²) in [5, 5.41) is 0. The minimum absolute atomic E-state index is 0.0919. The van der Waals surface area contributed by atoms with Crippen LogP contribution in [0, 0.1) is 0 Å². The summed E-state index contributed by atoms with van der Waals surface area (Å²) in [6.07, 6.45) is 1.42. The Hall–Kier alpha value is -1.75. The van der Waals surface area contributed by atoms with Crippen LogP contribution in [0.3, 0.4) is 0 Å². The molecule has 5 heteroatoms. The molecular weight excluding hydrogens is 272 g/mol. The molecule has 2 heterocycles. The zero-order valence-electron chi connectivity index (χ0n) is 12.5. The van der Waals surface area contributed by atoms with Gasteiger partial charge in [0.25, 0.3) is 0 Å². The highest BCUT2D eigenvalue weighted by Crippen LogP contribution is 2.51. The monoisotopic (exact) mass is 292 g/mol. The molecule has 0 N–H and O–H groups in total. The summed E-state index contributed by atoms with van der Waals surface area (Å²) < 4.78 is 22.5. The van der Waals surface area contributed by atoms with E-state index in [9.17, 15) is 4.79 Å². The zero-order chi connectivity index (χ0) is 15.0. The van der Waals surface area contributed by atoms with Gasteiger partial charge < -0.3 is 18.9 Å². The first-order chi connectivity index (χ1) is 10.2. The minimum atomic E-state index is -0.398. The van der Waals surface area contributed by atoms with Crippen molar-refractivity contribution in [2.24, 2.45) is 0 Å². The van der Waals surface area contributed by atoms with Crippen LogP contribution in [0.25, 0.3) is 0 Å². The number of benzene rings is 1. The van der Waals surface area contributed by atoms with Crippen LogP contribution in [-0.4, -0.2) is 26.3 Å². The SMILES string of the molecule is CCC[C@@H]1O[C@@H]2CC(=O)O[C@@H]2c2c(OC)ccc(OC)c21. The molecule has 21 heavy (non-hydrogen) atoms. The van der Waals surface area contributed by atoms with Crippen LogP contribution in [0.1, 0.15) is 49.5 Å². The lowest BCUT2D eigenvalue weighted by Gasteiger charge is -2.35. The Morgan fingerprint density at radius 1 is 1.19 bits per heavy atom. The third-order valence-electron chi connectivity index (χ3n) is 4.11. The van der Waals surface area contributed by atoms with Crippen LogP contribution in [0.4, 0.5) is 0 Å². The Balaban J connectivity index is 2.16. The van der Waals surface area contributed by atoms with Gasteiger partial charge in [0.05, 0.1) is 26.7 Å². The normalized spacial score (nSPS) is 26.8. The number of hydrogen-bond acceptors (Lipinski definition) is 5. The van der Waals surface area contributed by atoms with Crippen molar-refractivity contribution >= 4 is 5.97 Å². The maximum absolute atomic E-state index is 11.7. The van der Waals surface area contributed by atoms with E-state index < -0.39 is 6.10 Å². The molecule has 114 valence electrons. The van der Waals surface area contributed by atoms with E-state index in [-0.39, 0.29) is 18.2 Å². The largest absolute Gasteiger partial charge is 0.496 e. The fourth-order valence-electron chi connectivity index (χ4n) is 3.23. The molecule has 2 aliphatic rings. The van der Waals surface area contributed by atoms with Crippen molar-refractivity contribution in [2.75, 3.05) is 14.2 Å². The van der Waals surface area contributed by atoms with Crippen molar-refractivity contribution in [3.63, 3.8) is 0 Å². The van der Waals surface area contributed by atoms with Gasteiger partial charge in [-0.15, -0.1) is 0 Å². The number of hydrogen-bond donors (Lipinski definition) is 0. The Morgan fingerprint density at radius 3 is 2.48 bits per heavy atom. The van der Waals surface area contributed by atoms with Crippen molar-refractivity contribution in [1.29, 1.82) is 0 Å². The highest BCUT2D eigenvalue weighted by atomic mass is 16.6. The fraction of sp³-hybridized carbons (Fsp3) is 0.562. The van der Waals surface area contributed by atoms with E-state index in [1.807, 2.05) is 12.1 Å². The highest BCUT2D eigenvalue weighted by Gasteiger charge is 2.46. The molecule has 0 aliphatic carbocycles. The molecule has 1 fully saturated rings. The molecule has 1 saturated heterocycles. The highest BCUT2D eigenvalue weighted by molar-refractivity contribution is 5.74. The summed E-state index contributed by atoms with van der Waals surface area (Å²) >= 11 is 0. The van der Waals surface area contributed by atoms with Crippen molar-refractivity contribution < 1.29 is 23.7 Å². The molecule has 1 aromatic carbocycles. The first kappa shape index (κ1) is 14.2. The second kappa shape index (κ2) is 5.56. The van der Waals surface area contributed by atoms with Crippen molar-refractivity contribution in [1.82, 2.24) is 0 Å². The van der Waals surface area contributed by atoms with Crippen molar-refractivity contribution in [3.8, 4) is 11.5 Å². The molecule has 2 aliphatic heterocycles. The van der Waals surface area contributed by atoms with Gasteiger partial charge in [0, 0.05) is 11.1 Å². The van der Waals surface area contributed by atoms with E-state index in [0.29, 0.717) is 6.42 Å². The van der Waals surface area contributed by atoms with Crippen LogP contribution in [0.15, 0.2) is 12.1 Å². The van der Waals surface area contributed by atoms with Gasteiger partial charge in [-0.2, -0.15) is 0 Å². The Bertz CT molecular complexity index is 554. The van der Waals surface area contributed by atoms with Crippen LogP contribution in [0.5, 0.6) is 11.5 Å². The predicted molar refractivity (Wildman–Crippen MR) is 75.5 cm³/mol. The molecule has 0 amide bonds. The average molecular weight is 292 g/mol. The maximum Gasteiger partial charge on any atom is 0.309 e. The molecule has 0 unspecified atom stereocenters. The number of ether oxygens (including phenoxy) is 4. The minimum Gasteiger partial charge on any atom is -0.496 e. The standard InChI is InChI=1S/C16H20O5/c1-4-5-11-14-9(18-2)6-7-10(19-3)15(14)16-12(20-11)8-13(17)21-16/h6-7,11-12,16H,4-5,8H2,1-3H3/t11-,12+,16-/m0/s1. The number of carbonyl (C=O) groups excluding carboxylic acids is 1. The summed E-state index contributed by atoms with van der Waals surface area (Å²) in [5.74, 6) is 1.25. The maximum atomic E-state index is 11.7. The number of methoxy groups -OCH3 is 2. The molecule has 0 radical (unpaired) electrons. The average Bonchev–Trinajstić information content (AvgIpc) is 2.86. The Kier molecular flexibility index (Phi) is 3.76. The van der Waals surface area contributed by atoms with Gasteiger partial charge in [-0.05, 0) is 18.6 Å². The van der Waals surface area contributed by atoms with Gasteiger partial charge in [-0.25, -0.2) is 0 Å². The van der Waals surface area contributed by atoms with Crippen LogP contribution in [-0.2, 0) is 14.3 Å². The zero-order valence-corrected chi connectivity index (χ0v) is 12.5. The van der Waals surface area contributed by atoms with Gasteiger partial charge in [-0.1, -0.05) is 13.3 Å². The molecule has 0 spiro atoms. The lowest BCUT2D eigenvalue weighted by molar-refractivity contribution is -0.143. The smallest absolute Gasteiger partial charge is 0.309 e. The van der Waals surface area contributed by atoms with E-state index in [4.69, 9.17) is 18.9 Å². The second-order valence-electron chi connectivity index (χ2n) is 5.36. The third-order valence-corrected chi connectivity index (χ3v) is 4.11. The Morgan fingerprint density at radius 2 is 1.86 bits per heavy atom. The van der Waals surface area contributed by atoms with Gasteiger partial charge in [0.2, 0.25) is 0 Å². The van der Waals surface area contributed by atoms with E-state index in [2.05, 4.69) is 6.92 Å². The molecule has 0 bridgehead atoms. The number of carbonyl (C=O) groups is 1. The Labute approximate surface area is 124 Å². The fourth-order valence-corrected chi connectivity index (χ4v) is 3.23. The number of rotatable bonds is 4. The first-order valence-electron chi connectivity index (χ1n) is 7.29. The molecule has 3 rings (SSSR count). The van der Waals surface area contributed by atoms with E-state index in [0.717, 1.165) is 35.5 Å². The molecule has 0 aromatic heterocycles. The first-order valence-corrected chi connectivity index (χ1v) is 7.29. The molecule has 1 aromatic rings. The van der Waals surface area contributed by atoms with Crippen molar-refractivity contribution in [2.45, 2.75) is 44.5 Å². The van der Waals surface area contributed by atoms with Crippen LogP contribution in [0.2, 0.25) is 0 Å². The molecule has 3 atom stereocenters. The molecule has 0 saturated carbocycles. The van der Waals surface area contributed by atoms with E-state index >= 15 is 0 Å². The van der Waals surface area contributed by atoms with Gasteiger partial charge >= 0.3 is 5.97 Å². The number of fused-ring (bicyclic) bond motifs is 3. The third kappa shape index (κ3) is 2.25. The van der Waals surface area contributed by atoms with Gasteiger partial charge in [0.15, 0.2) is 6.10 Å². The summed E-state index contributed by atoms with van der Waals surface area (Å²) in [4.78, 5) is 11.7. The van der Waals surface area contributed by atoms with Crippen LogP contribution < -0.4 is 9.47 Å². The van der Waals surface area contributed by atoms with Crippen LogP contribution >= 0.6 is 0 Å². The predicted octanol–water partition coefficient (Wildman–Crippen LogP) is 2.93. The molecular formula is C16H20O5. The van der Waals surface area contributed by atoms with Gasteiger partial charge in [0.1, 0.15) is 17.6 Å². The number of esters is 1. The summed E-state index contributed by atoms with van der Waals surface area (Å²) in [7, 11) is 3.26.